The Hall–Kier alpha value is -9.00. The monoisotopic (exact) mass is 840 g/mol. The lowest BCUT2D eigenvalue weighted by Crippen LogP contribution is -2.07. The Bertz CT molecular complexity index is 3630. The van der Waals surface area contributed by atoms with Crippen molar-refractivity contribution >= 4 is 54.6 Å². The van der Waals surface area contributed by atoms with Crippen LogP contribution in [-0.4, -0.2) is 29.1 Å². The van der Waals surface area contributed by atoms with Crippen LogP contribution in [0.2, 0.25) is 0 Å². The molecule has 306 valence electrons. The quantitative estimate of drug-likeness (QED) is 0.167. The highest BCUT2D eigenvalue weighted by molar-refractivity contribution is 6.15. The van der Waals surface area contributed by atoms with Crippen molar-refractivity contribution in [2.45, 2.75) is 0 Å². The van der Waals surface area contributed by atoms with Gasteiger partial charge in [0.2, 0.25) is 11.9 Å². The summed E-state index contributed by atoms with van der Waals surface area (Å²) < 4.78 is 4.42. The van der Waals surface area contributed by atoms with Crippen LogP contribution >= 0.6 is 0 Å². The van der Waals surface area contributed by atoms with Crippen LogP contribution in [0, 0.1) is 0 Å². The van der Waals surface area contributed by atoms with Gasteiger partial charge in [-0.05, 0) is 93.0 Å². The van der Waals surface area contributed by atoms with Gasteiger partial charge in [0.1, 0.15) is 0 Å². The molecule has 14 rings (SSSR count). The standard InChI is InChI=1S/C60H36N6/c1-5-15-37(16-6-1)41-25-29-51-47(33-41)48-34-42(38-17-7-2-8-18-38)26-30-52(48)65(51)59-61-56-45-23-13-14-24-46(45)57-55(56)58(63-59)64-60(62-57)66-53-31-27-43(39-19-9-3-10-20-39)35-49(53)50-36-44(28-32-54(50)66)40-21-11-4-12-22-40/h1-36H. The molecule has 66 heavy (non-hydrogen) atoms. The number of aromatic nitrogens is 6. The summed E-state index contributed by atoms with van der Waals surface area (Å²) in [6.45, 7) is 0. The van der Waals surface area contributed by atoms with Crippen LogP contribution in [0.1, 0.15) is 0 Å². The van der Waals surface area contributed by atoms with Crippen LogP contribution in [0.4, 0.5) is 0 Å². The van der Waals surface area contributed by atoms with E-state index in [0.717, 1.165) is 93.8 Å². The molecule has 0 saturated heterocycles. The van der Waals surface area contributed by atoms with Crippen molar-refractivity contribution in [3.63, 3.8) is 0 Å². The zero-order valence-corrected chi connectivity index (χ0v) is 35.5. The fourth-order valence-corrected chi connectivity index (χ4v) is 10.2. The van der Waals surface area contributed by atoms with Gasteiger partial charge in [0.25, 0.3) is 0 Å². The lowest BCUT2D eigenvalue weighted by molar-refractivity contribution is 0.976. The smallest absolute Gasteiger partial charge is 0.237 e. The summed E-state index contributed by atoms with van der Waals surface area (Å²) in [6.07, 6.45) is 0. The molecule has 0 saturated carbocycles. The van der Waals surface area contributed by atoms with Crippen molar-refractivity contribution in [1.29, 1.82) is 0 Å². The molecular formula is C60H36N6. The highest BCUT2D eigenvalue weighted by Crippen LogP contribution is 2.46. The maximum Gasteiger partial charge on any atom is 0.237 e. The minimum atomic E-state index is 0.562. The van der Waals surface area contributed by atoms with E-state index in [4.69, 9.17) is 19.9 Å². The number of fused-ring (bicyclic) bond motifs is 9. The zero-order valence-electron chi connectivity index (χ0n) is 35.5. The van der Waals surface area contributed by atoms with Gasteiger partial charge < -0.3 is 0 Å². The van der Waals surface area contributed by atoms with E-state index < -0.39 is 0 Å². The summed E-state index contributed by atoms with van der Waals surface area (Å²) in [5, 5.41) is 5.38. The van der Waals surface area contributed by atoms with E-state index in [2.05, 4.69) is 228 Å². The third kappa shape index (κ3) is 5.55. The first-order valence-electron chi connectivity index (χ1n) is 22.3. The fraction of sp³-hybridized carbons (Fsp3) is 0. The molecule has 0 bridgehead atoms. The zero-order chi connectivity index (χ0) is 43.3. The molecule has 1 aliphatic rings. The van der Waals surface area contributed by atoms with E-state index in [9.17, 15) is 0 Å². The molecule has 0 atom stereocenters. The van der Waals surface area contributed by atoms with Crippen LogP contribution in [0.3, 0.4) is 0 Å². The van der Waals surface area contributed by atoms with Crippen LogP contribution in [0.5, 0.6) is 0 Å². The summed E-state index contributed by atoms with van der Waals surface area (Å²) in [4.78, 5) is 21.8. The summed E-state index contributed by atoms with van der Waals surface area (Å²) in [6, 6.07) is 77.6. The molecular weight excluding hydrogens is 805 g/mol. The lowest BCUT2D eigenvalue weighted by atomic mass is 10.0. The first-order valence-corrected chi connectivity index (χ1v) is 22.3. The second kappa shape index (κ2) is 14.3. The molecule has 9 aromatic carbocycles. The van der Waals surface area contributed by atoms with E-state index in [1.165, 1.54) is 22.3 Å². The second-order valence-electron chi connectivity index (χ2n) is 17.1. The molecule has 0 amide bonds. The van der Waals surface area contributed by atoms with Gasteiger partial charge in [-0.2, -0.15) is 9.97 Å². The number of rotatable bonds is 6. The Kier molecular flexibility index (Phi) is 7.88. The van der Waals surface area contributed by atoms with Crippen LogP contribution < -0.4 is 0 Å². The van der Waals surface area contributed by atoms with E-state index >= 15 is 0 Å². The number of hydrogen-bond donors (Lipinski definition) is 0. The van der Waals surface area contributed by atoms with Crippen molar-refractivity contribution in [2.75, 3.05) is 0 Å². The highest BCUT2D eigenvalue weighted by Gasteiger charge is 2.30. The summed E-state index contributed by atoms with van der Waals surface area (Å²) >= 11 is 0. The molecule has 1 aliphatic carbocycles. The first-order chi connectivity index (χ1) is 32.7. The van der Waals surface area contributed by atoms with Gasteiger partial charge in [-0.25, -0.2) is 9.97 Å². The van der Waals surface area contributed by atoms with Crippen molar-refractivity contribution in [3.05, 3.63) is 218 Å². The molecule has 0 fully saturated rings. The SMILES string of the molecule is c1ccc(-c2ccc3c(c2)c2cc(-c4ccccc4)ccc2n3-c2nc3c4c(nc(-n5c6ccc(-c7ccccc7)cc6c6cc(-c7ccccc7)ccc65)nc4n2)-c2ccccc2-3)cc1. The minimum Gasteiger partial charge on any atom is -0.278 e. The van der Waals surface area contributed by atoms with E-state index in [0.29, 0.717) is 17.5 Å². The Balaban J connectivity index is 1.03. The Morgan fingerprint density at radius 3 is 0.848 bits per heavy atom. The van der Waals surface area contributed by atoms with Crippen LogP contribution in [-0.2, 0) is 0 Å². The Labute approximate surface area is 379 Å². The van der Waals surface area contributed by atoms with E-state index in [1.807, 2.05) is 0 Å². The van der Waals surface area contributed by atoms with Crippen molar-refractivity contribution < 1.29 is 0 Å². The maximum atomic E-state index is 5.45. The molecule has 13 aromatic rings. The largest absolute Gasteiger partial charge is 0.278 e. The summed E-state index contributed by atoms with van der Waals surface area (Å²) in [7, 11) is 0. The summed E-state index contributed by atoms with van der Waals surface area (Å²) in [5.74, 6) is 1.12. The van der Waals surface area contributed by atoms with E-state index in [-0.39, 0.29) is 0 Å². The van der Waals surface area contributed by atoms with Crippen LogP contribution in [0.25, 0.3) is 134 Å². The molecule has 4 heterocycles. The topological polar surface area (TPSA) is 61.4 Å². The first kappa shape index (κ1) is 36.5. The molecule has 0 N–H and O–H groups in total. The highest BCUT2D eigenvalue weighted by atomic mass is 15.2. The fourth-order valence-electron chi connectivity index (χ4n) is 10.2. The van der Waals surface area contributed by atoms with Crippen molar-refractivity contribution in [3.8, 4) is 78.9 Å². The molecule has 0 unspecified atom stereocenters. The van der Waals surface area contributed by atoms with Crippen molar-refractivity contribution in [2.24, 2.45) is 0 Å². The second-order valence-corrected chi connectivity index (χ2v) is 17.1. The Morgan fingerprint density at radius 1 is 0.258 bits per heavy atom. The molecule has 6 nitrogen and oxygen atoms in total. The van der Waals surface area contributed by atoms with Gasteiger partial charge >= 0.3 is 0 Å². The predicted molar refractivity (Wildman–Crippen MR) is 270 cm³/mol. The average Bonchev–Trinajstić information content (AvgIpc) is 4.02. The molecule has 0 radical (unpaired) electrons. The summed E-state index contributed by atoms with van der Waals surface area (Å²) in [5.41, 5.74) is 17.7. The predicted octanol–water partition coefficient (Wildman–Crippen LogP) is 14.9. The van der Waals surface area contributed by atoms with Crippen molar-refractivity contribution in [1.82, 2.24) is 29.1 Å². The molecule has 4 aromatic heterocycles. The molecule has 0 spiro atoms. The Morgan fingerprint density at radius 2 is 0.545 bits per heavy atom. The number of benzene rings is 9. The van der Waals surface area contributed by atoms with Gasteiger partial charge in [-0.3, -0.25) is 9.13 Å². The van der Waals surface area contributed by atoms with Gasteiger partial charge in [-0.15, -0.1) is 0 Å². The number of nitrogens with zero attached hydrogens (tertiary/aromatic N) is 6. The molecule has 0 aliphatic heterocycles. The lowest BCUT2D eigenvalue weighted by Gasteiger charge is -2.12. The number of hydrogen-bond acceptors (Lipinski definition) is 4. The van der Waals surface area contributed by atoms with Gasteiger partial charge in [-0.1, -0.05) is 170 Å². The van der Waals surface area contributed by atoms with Crippen LogP contribution in [0.15, 0.2) is 218 Å². The third-order valence-corrected chi connectivity index (χ3v) is 13.3. The van der Waals surface area contributed by atoms with Gasteiger partial charge in [0.15, 0.2) is 5.65 Å². The van der Waals surface area contributed by atoms with Gasteiger partial charge in [0, 0.05) is 32.7 Å². The maximum absolute atomic E-state index is 5.45. The normalized spacial score (nSPS) is 11.9. The van der Waals surface area contributed by atoms with E-state index in [1.54, 1.807) is 0 Å². The van der Waals surface area contributed by atoms with Gasteiger partial charge in [0.05, 0.1) is 38.8 Å². The average molecular weight is 841 g/mol. The third-order valence-electron chi connectivity index (χ3n) is 13.3. The minimum absolute atomic E-state index is 0.562. The molecule has 6 heteroatoms.